The molecule has 0 aromatic carbocycles. The van der Waals surface area contributed by atoms with E-state index in [1.54, 1.807) is 0 Å². The number of hydrogen-bond donors (Lipinski definition) is 1. The first-order valence-electron chi connectivity index (χ1n) is 5.03. The highest BCUT2D eigenvalue weighted by atomic mass is 15.0. The predicted molar refractivity (Wildman–Crippen MR) is 58.6 cm³/mol. The molecule has 0 unspecified atom stereocenters. The van der Waals surface area contributed by atoms with Crippen molar-refractivity contribution in [3.05, 3.63) is 22.9 Å². The van der Waals surface area contributed by atoms with Crippen molar-refractivity contribution in [2.45, 2.75) is 53.0 Å². The molecule has 0 bridgehead atoms. The van der Waals surface area contributed by atoms with E-state index in [-0.39, 0.29) is 5.54 Å². The van der Waals surface area contributed by atoms with Gasteiger partial charge in [-0.15, -0.1) is 0 Å². The van der Waals surface area contributed by atoms with Crippen LogP contribution in [0.1, 0.15) is 47.5 Å². The van der Waals surface area contributed by atoms with Crippen LogP contribution in [0, 0.1) is 0 Å². The highest BCUT2D eigenvalue weighted by molar-refractivity contribution is 5.30. The standard InChI is InChI=1S/C12H21N/c1-9-6-7-11(8-10(9)2)13-12(3,4)5/h8,13H,6-7H2,1-5H3. The summed E-state index contributed by atoms with van der Waals surface area (Å²) < 4.78 is 0. The molecule has 0 saturated heterocycles. The van der Waals surface area contributed by atoms with Gasteiger partial charge in [-0.1, -0.05) is 11.1 Å². The van der Waals surface area contributed by atoms with Crippen LogP contribution in [0.5, 0.6) is 0 Å². The zero-order chi connectivity index (χ0) is 10.1. The van der Waals surface area contributed by atoms with Gasteiger partial charge in [0, 0.05) is 11.2 Å². The molecule has 1 rings (SSSR count). The molecule has 0 spiro atoms. The smallest absolute Gasteiger partial charge is 0.0286 e. The number of nitrogens with one attached hydrogen (secondary N) is 1. The maximum Gasteiger partial charge on any atom is 0.0286 e. The van der Waals surface area contributed by atoms with E-state index in [2.05, 4.69) is 46.0 Å². The van der Waals surface area contributed by atoms with E-state index in [0.29, 0.717) is 0 Å². The Bertz CT molecular complexity index is 251. The van der Waals surface area contributed by atoms with Gasteiger partial charge < -0.3 is 5.32 Å². The molecule has 1 aliphatic rings. The molecule has 0 fully saturated rings. The lowest BCUT2D eigenvalue weighted by Gasteiger charge is -2.27. The second kappa shape index (κ2) is 3.57. The predicted octanol–water partition coefficient (Wildman–Crippen LogP) is 3.39. The minimum Gasteiger partial charge on any atom is -0.384 e. The molecular formula is C12H21N. The first kappa shape index (κ1) is 10.4. The fourth-order valence-corrected chi connectivity index (χ4v) is 1.56. The Labute approximate surface area is 81.9 Å². The summed E-state index contributed by atoms with van der Waals surface area (Å²) in [5.41, 5.74) is 4.53. The van der Waals surface area contributed by atoms with Crippen molar-refractivity contribution in [1.82, 2.24) is 5.32 Å². The van der Waals surface area contributed by atoms with Gasteiger partial charge >= 0.3 is 0 Å². The van der Waals surface area contributed by atoms with Crippen molar-refractivity contribution in [3.63, 3.8) is 0 Å². The van der Waals surface area contributed by atoms with Crippen molar-refractivity contribution in [2.24, 2.45) is 0 Å². The van der Waals surface area contributed by atoms with Gasteiger partial charge in [0.1, 0.15) is 0 Å². The lowest BCUT2D eigenvalue weighted by atomic mass is 9.96. The largest absolute Gasteiger partial charge is 0.384 e. The molecule has 1 N–H and O–H groups in total. The van der Waals surface area contributed by atoms with Crippen molar-refractivity contribution in [2.75, 3.05) is 0 Å². The highest BCUT2D eigenvalue weighted by Gasteiger charge is 2.13. The van der Waals surface area contributed by atoms with Gasteiger partial charge in [0.15, 0.2) is 0 Å². The second-order valence-corrected chi connectivity index (χ2v) is 5.01. The zero-order valence-corrected chi connectivity index (χ0v) is 9.49. The van der Waals surface area contributed by atoms with Crippen LogP contribution in [0.2, 0.25) is 0 Å². The SMILES string of the molecule is CC1=C(C)CCC(NC(C)(C)C)=C1. The minimum absolute atomic E-state index is 0.192. The Kier molecular flexibility index (Phi) is 2.84. The Hall–Kier alpha value is -0.720. The lowest BCUT2D eigenvalue weighted by molar-refractivity contribution is 0.461. The number of hydrogen-bond acceptors (Lipinski definition) is 1. The molecule has 74 valence electrons. The number of allylic oxidation sites excluding steroid dienone is 4. The summed E-state index contributed by atoms with van der Waals surface area (Å²) in [4.78, 5) is 0. The molecule has 1 heteroatoms. The van der Waals surface area contributed by atoms with E-state index >= 15 is 0 Å². The average molecular weight is 179 g/mol. The lowest BCUT2D eigenvalue weighted by Crippen LogP contribution is -2.35. The van der Waals surface area contributed by atoms with Gasteiger partial charge in [0.2, 0.25) is 0 Å². The van der Waals surface area contributed by atoms with Crippen molar-refractivity contribution >= 4 is 0 Å². The van der Waals surface area contributed by atoms with Gasteiger partial charge in [0.25, 0.3) is 0 Å². The monoisotopic (exact) mass is 179 g/mol. The molecular weight excluding hydrogens is 158 g/mol. The minimum atomic E-state index is 0.192. The molecule has 0 amide bonds. The Morgan fingerprint density at radius 3 is 2.23 bits per heavy atom. The highest BCUT2D eigenvalue weighted by Crippen LogP contribution is 2.22. The van der Waals surface area contributed by atoms with Crippen LogP contribution >= 0.6 is 0 Å². The third-order valence-electron chi connectivity index (χ3n) is 2.37. The van der Waals surface area contributed by atoms with Crippen LogP contribution < -0.4 is 5.32 Å². The van der Waals surface area contributed by atoms with Gasteiger partial charge in [0.05, 0.1) is 0 Å². The average Bonchev–Trinajstić information content (AvgIpc) is 1.94. The van der Waals surface area contributed by atoms with E-state index in [1.165, 1.54) is 29.7 Å². The molecule has 1 aliphatic carbocycles. The van der Waals surface area contributed by atoms with E-state index in [0.717, 1.165) is 0 Å². The van der Waals surface area contributed by atoms with Crippen LogP contribution in [0.4, 0.5) is 0 Å². The van der Waals surface area contributed by atoms with Gasteiger partial charge in [-0.05, 0) is 53.5 Å². The third kappa shape index (κ3) is 3.25. The van der Waals surface area contributed by atoms with Crippen LogP contribution in [0.3, 0.4) is 0 Å². The summed E-state index contributed by atoms with van der Waals surface area (Å²) in [6, 6.07) is 0. The van der Waals surface area contributed by atoms with E-state index in [4.69, 9.17) is 0 Å². The third-order valence-corrected chi connectivity index (χ3v) is 2.37. The molecule has 0 radical (unpaired) electrons. The van der Waals surface area contributed by atoms with Gasteiger partial charge in [-0.25, -0.2) is 0 Å². The Balaban J connectivity index is 2.69. The summed E-state index contributed by atoms with van der Waals surface area (Å²) in [5.74, 6) is 0. The van der Waals surface area contributed by atoms with Gasteiger partial charge in [-0.2, -0.15) is 0 Å². The molecule has 0 aromatic heterocycles. The van der Waals surface area contributed by atoms with Crippen LogP contribution in [-0.2, 0) is 0 Å². The molecule has 0 atom stereocenters. The summed E-state index contributed by atoms with van der Waals surface area (Å²) in [7, 11) is 0. The summed E-state index contributed by atoms with van der Waals surface area (Å²) in [5, 5.41) is 3.54. The normalized spacial score (nSPS) is 18.7. The molecule has 0 aromatic rings. The summed E-state index contributed by atoms with van der Waals surface area (Å²) in [6.07, 6.45) is 4.66. The van der Waals surface area contributed by atoms with Crippen molar-refractivity contribution in [3.8, 4) is 0 Å². The summed E-state index contributed by atoms with van der Waals surface area (Å²) in [6.45, 7) is 11.0. The Morgan fingerprint density at radius 2 is 1.77 bits per heavy atom. The van der Waals surface area contributed by atoms with Crippen LogP contribution in [0.15, 0.2) is 22.9 Å². The molecule has 0 heterocycles. The molecule has 1 nitrogen and oxygen atoms in total. The zero-order valence-electron chi connectivity index (χ0n) is 9.49. The van der Waals surface area contributed by atoms with Crippen molar-refractivity contribution in [1.29, 1.82) is 0 Å². The van der Waals surface area contributed by atoms with E-state index in [1.807, 2.05) is 0 Å². The fourth-order valence-electron chi connectivity index (χ4n) is 1.56. The molecule has 0 saturated carbocycles. The van der Waals surface area contributed by atoms with Gasteiger partial charge in [-0.3, -0.25) is 0 Å². The molecule has 13 heavy (non-hydrogen) atoms. The number of rotatable bonds is 1. The van der Waals surface area contributed by atoms with E-state index in [9.17, 15) is 0 Å². The maximum atomic E-state index is 3.54. The topological polar surface area (TPSA) is 12.0 Å². The fraction of sp³-hybridized carbons (Fsp3) is 0.667. The Morgan fingerprint density at radius 1 is 1.15 bits per heavy atom. The van der Waals surface area contributed by atoms with Crippen LogP contribution in [0.25, 0.3) is 0 Å². The second-order valence-electron chi connectivity index (χ2n) is 5.01. The first-order valence-corrected chi connectivity index (χ1v) is 5.03. The summed E-state index contributed by atoms with van der Waals surface area (Å²) >= 11 is 0. The first-order chi connectivity index (χ1) is 5.88. The quantitative estimate of drug-likeness (QED) is 0.650. The van der Waals surface area contributed by atoms with Crippen LogP contribution in [-0.4, -0.2) is 5.54 Å². The molecule has 0 aliphatic heterocycles. The maximum absolute atomic E-state index is 3.54. The van der Waals surface area contributed by atoms with Crippen molar-refractivity contribution < 1.29 is 0 Å². The van der Waals surface area contributed by atoms with E-state index < -0.39 is 0 Å².